The molecular formula is C24H27N5O3. The van der Waals surface area contributed by atoms with E-state index in [1.807, 2.05) is 48.2 Å². The van der Waals surface area contributed by atoms with Crippen LogP contribution in [-0.2, 0) is 0 Å². The lowest BCUT2D eigenvalue weighted by atomic mass is 9.97. The van der Waals surface area contributed by atoms with Gasteiger partial charge < -0.3 is 20.1 Å². The number of urea groups is 1. The van der Waals surface area contributed by atoms with Crippen LogP contribution in [0.1, 0.15) is 34.6 Å². The van der Waals surface area contributed by atoms with E-state index < -0.39 is 0 Å². The molecule has 8 nitrogen and oxygen atoms in total. The maximum Gasteiger partial charge on any atom is 0.319 e. The van der Waals surface area contributed by atoms with Crippen LogP contribution >= 0.6 is 0 Å². The van der Waals surface area contributed by atoms with Crippen LogP contribution < -0.4 is 10.6 Å². The van der Waals surface area contributed by atoms with Crippen LogP contribution in [0, 0.1) is 19.8 Å². The van der Waals surface area contributed by atoms with Crippen molar-refractivity contribution < 1.29 is 14.1 Å². The molecule has 2 aromatic carbocycles. The summed E-state index contributed by atoms with van der Waals surface area (Å²) < 4.78 is 5.17. The average molecular weight is 434 g/mol. The normalized spacial score (nSPS) is 15.9. The van der Waals surface area contributed by atoms with Crippen molar-refractivity contribution in [2.75, 3.05) is 25.0 Å². The predicted octanol–water partition coefficient (Wildman–Crippen LogP) is 4.03. The summed E-state index contributed by atoms with van der Waals surface area (Å²) in [7, 11) is 0. The number of aromatic nitrogens is 2. The minimum atomic E-state index is -0.232. The second-order valence-electron chi connectivity index (χ2n) is 8.18. The molecule has 166 valence electrons. The molecule has 1 saturated heterocycles. The van der Waals surface area contributed by atoms with Crippen LogP contribution in [0.2, 0.25) is 0 Å². The van der Waals surface area contributed by atoms with E-state index in [1.54, 1.807) is 19.1 Å². The summed E-state index contributed by atoms with van der Waals surface area (Å²) in [5.41, 5.74) is 3.30. The molecule has 4 rings (SSSR count). The Kier molecular flexibility index (Phi) is 6.49. The van der Waals surface area contributed by atoms with Crippen LogP contribution in [0.3, 0.4) is 0 Å². The van der Waals surface area contributed by atoms with Gasteiger partial charge in [0.2, 0.25) is 0 Å². The standard InChI is InChI=1S/C24H27N5O3/c1-16-5-11-21(12-6-16)27-24(31)25-14-18-4-3-13-29(15-18)23(30)20-9-7-19(8-10-20)22-26-17(2)28-32-22/h5-12,18H,3-4,13-15H2,1-2H3,(H2,25,27,31). The maximum atomic E-state index is 13.0. The van der Waals surface area contributed by atoms with Gasteiger partial charge in [0.1, 0.15) is 0 Å². The lowest BCUT2D eigenvalue weighted by Crippen LogP contribution is -2.44. The molecule has 8 heteroatoms. The molecule has 2 heterocycles. The highest BCUT2D eigenvalue weighted by Gasteiger charge is 2.25. The highest BCUT2D eigenvalue weighted by Crippen LogP contribution is 2.21. The minimum absolute atomic E-state index is 0.00735. The number of nitrogens with one attached hydrogen (secondary N) is 2. The fraction of sp³-hybridized carbons (Fsp3) is 0.333. The van der Waals surface area contributed by atoms with Crippen LogP contribution in [0.25, 0.3) is 11.5 Å². The Balaban J connectivity index is 1.29. The Labute approximate surface area is 187 Å². The second-order valence-corrected chi connectivity index (χ2v) is 8.18. The van der Waals surface area contributed by atoms with Crippen LogP contribution in [0.4, 0.5) is 10.5 Å². The number of aryl methyl sites for hydroxylation is 2. The molecule has 1 unspecified atom stereocenters. The summed E-state index contributed by atoms with van der Waals surface area (Å²) >= 11 is 0. The largest absolute Gasteiger partial charge is 0.338 e. The number of likely N-dealkylation sites (tertiary alicyclic amines) is 1. The molecule has 1 atom stereocenters. The van der Waals surface area contributed by atoms with Crippen molar-refractivity contribution >= 4 is 17.6 Å². The molecule has 1 fully saturated rings. The van der Waals surface area contributed by atoms with Crippen molar-refractivity contribution in [2.45, 2.75) is 26.7 Å². The number of amides is 3. The van der Waals surface area contributed by atoms with E-state index >= 15 is 0 Å². The number of carbonyl (C=O) groups excluding carboxylic acids is 2. The summed E-state index contributed by atoms with van der Waals surface area (Å²) in [5.74, 6) is 1.22. The number of piperidine rings is 1. The van der Waals surface area contributed by atoms with E-state index in [9.17, 15) is 9.59 Å². The maximum absolute atomic E-state index is 13.0. The average Bonchev–Trinajstić information content (AvgIpc) is 3.25. The molecule has 0 bridgehead atoms. The van der Waals surface area contributed by atoms with Gasteiger partial charge in [-0.15, -0.1) is 0 Å². The molecule has 1 aliphatic heterocycles. The number of rotatable bonds is 5. The summed E-state index contributed by atoms with van der Waals surface area (Å²) in [4.78, 5) is 31.3. The second kappa shape index (κ2) is 9.64. The first-order valence-electron chi connectivity index (χ1n) is 10.8. The summed E-state index contributed by atoms with van der Waals surface area (Å²) in [6, 6.07) is 14.6. The summed E-state index contributed by atoms with van der Waals surface area (Å²) in [5, 5.41) is 9.57. The van der Waals surface area contributed by atoms with Gasteiger partial charge in [-0.1, -0.05) is 22.9 Å². The molecule has 0 aliphatic carbocycles. The quantitative estimate of drug-likeness (QED) is 0.633. The van der Waals surface area contributed by atoms with Gasteiger partial charge in [-0.3, -0.25) is 4.79 Å². The molecule has 3 amide bonds. The van der Waals surface area contributed by atoms with Crippen molar-refractivity contribution in [2.24, 2.45) is 5.92 Å². The van der Waals surface area contributed by atoms with Gasteiger partial charge in [0.15, 0.2) is 5.82 Å². The van der Waals surface area contributed by atoms with Gasteiger partial charge in [0.05, 0.1) is 0 Å². The molecule has 2 N–H and O–H groups in total. The zero-order valence-corrected chi connectivity index (χ0v) is 18.3. The minimum Gasteiger partial charge on any atom is -0.338 e. The molecule has 0 spiro atoms. The monoisotopic (exact) mass is 433 g/mol. The topological polar surface area (TPSA) is 100 Å². The van der Waals surface area contributed by atoms with Crippen molar-refractivity contribution in [3.8, 4) is 11.5 Å². The van der Waals surface area contributed by atoms with E-state index in [2.05, 4.69) is 20.8 Å². The third-order valence-electron chi connectivity index (χ3n) is 5.57. The highest BCUT2D eigenvalue weighted by molar-refractivity contribution is 5.94. The van der Waals surface area contributed by atoms with E-state index in [1.165, 1.54) is 0 Å². The lowest BCUT2D eigenvalue weighted by molar-refractivity contribution is 0.0675. The molecular weight excluding hydrogens is 406 g/mol. The van der Waals surface area contributed by atoms with Crippen LogP contribution in [-0.4, -0.2) is 46.6 Å². The number of hydrogen-bond acceptors (Lipinski definition) is 5. The Bertz CT molecular complexity index is 1080. The third kappa shape index (κ3) is 5.32. The SMILES string of the molecule is Cc1ccc(NC(=O)NCC2CCCN(C(=O)c3ccc(-c4nc(C)no4)cc3)C2)cc1. The number of anilines is 1. The number of hydrogen-bond donors (Lipinski definition) is 2. The zero-order valence-electron chi connectivity index (χ0n) is 18.3. The van der Waals surface area contributed by atoms with Gasteiger partial charge in [-0.2, -0.15) is 4.98 Å². The Hall–Kier alpha value is -3.68. The third-order valence-corrected chi connectivity index (χ3v) is 5.57. The lowest BCUT2D eigenvalue weighted by Gasteiger charge is -2.33. The van der Waals surface area contributed by atoms with Gasteiger partial charge in [0.25, 0.3) is 11.8 Å². The van der Waals surface area contributed by atoms with Crippen molar-refractivity contribution in [3.05, 3.63) is 65.5 Å². The molecule has 3 aromatic rings. The zero-order chi connectivity index (χ0) is 22.5. The van der Waals surface area contributed by atoms with Crippen molar-refractivity contribution in [1.82, 2.24) is 20.4 Å². The van der Waals surface area contributed by atoms with Gasteiger partial charge in [-0.25, -0.2) is 4.79 Å². The molecule has 0 radical (unpaired) electrons. The molecule has 32 heavy (non-hydrogen) atoms. The molecule has 1 aliphatic rings. The van der Waals surface area contributed by atoms with Gasteiger partial charge in [-0.05, 0) is 69.0 Å². The van der Waals surface area contributed by atoms with Crippen molar-refractivity contribution in [3.63, 3.8) is 0 Å². The van der Waals surface area contributed by atoms with Crippen molar-refractivity contribution in [1.29, 1.82) is 0 Å². The van der Waals surface area contributed by atoms with E-state index in [4.69, 9.17) is 4.52 Å². The summed E-state index contributed by atoms with van der Waals surface area (Å²) in [6.45, 7) is 5.63. The van der Waals surface area contributed by atoms with Crippen LogP contribution in [0.15, 0.2) is 53.1 Å². The van der Waals surface area contributed by atoms with Gasteiger partial charge >= 0.3 is 6.03 Å². The number of nitrogens with zero attached hydrogens (tertiary/aromatic N) is 3. The molecule has 1 aromatic heterocycles. The Morgan fingerprint density at radius 2 is 1.84 bits per heavy atom. The smallest absolute Gasteiger partial charge is 0.319 e. The Morgan fingerprint density at radius 3 is 2.53 bits per heavy atom. The van der Waals surface area contributed by atoms with E-state index in [0.717, 1.165) is 36.2 Å². The van der Waals surface area contributed by atoms with Crippen LogP contribution in [0.5, 0.6) is 0 Å². The Morgan fingerprint density at radius 1 is 1.09 bits per heavy atom. The first-order chi connectivity index (χ1) is 15.5. The van der Waals surface area contributed by atoms with E-state index in [0.29, 0.717) is 30.4 Å². The first-order valence-corrected chi connectivity index (χ1v) is 10.8. The first kappa shape index (κ1) is 21.5. The number of benzene rings is 2. The van der Waals surface area contributed by atoms with Gasteiger partial charge in [0, 0.05) is 36.4 Å². The van der Waals surface area contributed by atoms with E-state index in [-0.39, 0.29) is 17.9 Å². The number of carbonyl (C=O) groups is 2. The fourth-order valence-corrected chi connectivity index (χ4v) is 3.82. The highest BCUT2D eigenvalue weighted by atomic mass is 16.5. The fourth-order valence-electron chi connectivity index (χ4n) is 3.82. The predicted molar refractivity (Wildman–Crippen MR) is 121 cm³/mol. The molecule has 0 saturated carbocycles. The summed E-state index contributed by atoms with van der Waals surface area (Å²) in [6.07, 6.45) is 1.89.